The van der Waals surface area contributed by atoms with E-state index in [2.05, 4.69) is 4.99 Å². The van der Waals surface area contributed by atoms with Crippen LogP contribution in [0.2, 0.25) is 0 Å². The van der Waals surface area contributed by atoms with Crippen molar-refractivity contribution in [3.05, 3.63) is 78.5 Å². The molecule has 0 saturated carbocycles. The molecule has 0 aliphatic carbocycles. The maximum absolute atomic E-state index is 13.9. The largest absolute Gasteiger partial charge is 0.493 e. The summed E-state index contributed by atoms with van der Waals surface area (Å²) >= 11 is 1.21. The summed E-state index contributed by atoms with van der Waals surface area (Å²) in [6.45, 7) is 7.34. The number of esters is 1. The van der Waals surface area contributed by atoms with E-state index in [0.29, 0.717) is 49.2 Å². The molecule has 0 N–H and O–H groups in total. The first kappa shape index (κ1) is 29.4. The Balaban J connectivity index is 1.89. The molecule has 4 rings (SSSR count). The topological polar surface area (TPSA) is 121 Å². The molecule has 41 heavy (non-hydrogen) atoms. The highest BCUT2D eigenvalue weighted by Crippen LogP contribution is 2.36. The number of aromatic nitrogens is 1. The zero-order valence-corrected chi connectivity index (χ0v) is 24.5. The lowest BCUT2D eigenvalue weighted by molar-refractivity contribution is -0.139. The molecule has 1 aliphatic heterocycles. The Morgan fingerprint density at radius 3 is 2.49 bits per heavy atom. The van der Waals surface area contributed by atoms with Crippen LogP contribution in [-0.2, 0) is 9.53 Å². The first-order valence-corrected chi connectivity index (χ1v) is 13.8. The van der Waals surface area contributed by atoms with Crippen molar-refractivity contribution in [2.45, 2.75) is 39.8 Å². The summed E-state index contributed by atoms with van der Waals surface area (Å²) in [4.78, 5) is 32.2. The highest BCUT2D eigenvalue weighted by molar-refractivity contribution is 7.07. The van der Waals surface area contributed by atoms with Crippen molar-refractivity contribution in [3.63, 3.8) is 0 Å². The van der Waals surface area contributed by atoms with Gasteiger partial charge >= 0.3 is 5.97 Å². The van der Waals surface area contributed by atoms with Gasteiger partial charge in [-0.1, -0.05) is 23.5 Å². The Morgan fingerprint density at radius 1 is 1.12 bits per heavy atom. The van der Waals surface area contributed by atoms with Crippen LogP contribution in [0.3, 0.4) is 0 Å². The van der Waals surface area contributed by atoms with Crippen LogP contribution in [0.15, 0.2) is 57.5 Å². The lowest BCUT2D eigenvalue weighted by Gasteiger charge is -2.25. The fraction of sp³-hybridized carbons (Fsp3) is 0.333. The normalized spacial score (nSPS) is 14.7. The average Bonchev–Trinajstić information content (AvgIpc) is 3.25. The van der Waals surface area contributed by atoms with Gasteiger partial charge in [0.2, 0.25) is 0 Å². The molecule has 10 nitrogen and oxygen atoms in total. The third-order valence-corrected chi connectivity index (χ3v) is 7.14. The Kier molecular flexibility index (Phi) is 9.14. The SMILES string of the molecule is CCOC(=O)C1=C(C)N=c2s/c(=C\c3ccc(OCC#N)c(OC)c3)c(=O)n2[C@@H]1c1ccc(OC(C)C)c(OC)c1. The van der Waals surface area contributed by atoms with Crippen molar-refractivity contribution in [2.24, 2.45) is 4.99 Å². The fourth-order valence-corrected chi connectivity index (χ4v) is 5.51. The summed E-state index contributed by atoms with van der Waals surface area (Å²) in [6.07, 6.45) is 1.65. The van der Waals surface area contributed by atoms with Crippen molar-refractivity contribution in [1.82, 2.24) is 4.57 Å². The first-order valence-electron chi connectivity index (χ1n) is 12.9. The second-order valence-electron chi connectivity index (χ2n) is 9.24. The number of fused-ring (bicyclic) bond motifs is 1. The molecule has 1 atom stereocenters. The molecule has 0 radical (unpaired) electrons. The summed E-state index contributed by atoms with van der Waals surface area (Å²) in [6, 6.07) is 11.6. The molecule has 2 aromatic carbocycles. The van der Waals surface area contributed by atoms with Gasteiger partial charge in [-0.15, -0.1) is 0 Å². The quantitative estimate of drug-likeness (QED) is 0.336. The van der Waals surface area contributed by atoms with Gasteiger partial charge in [0.25, 0.3) is 5.56 Å². The third kappa shape index (κ3) is 6.12. The number of benzene rings is 2. The van der Waals surface area contributed by atoms with Crippen molar-refractivity contribution in [2.75, 3.05) is 27.4 Å². The predicted octanol–water partition coefficient (Wildman–Crippen LogP) is 3.51. The standard InChI is InChI=1S/C30H31N3O7S/c1-7-38-29(35)26-18(4)32-30-33(27(26)20-9-11-22(40-17(2)3)24(16-20)37-6)28(34)25(41-30)15-19-8-10-21(39-13-12-31)23(14-19)36-5/h8-11,14-17,27H,7,13H2,1-6H3/b25-15-/t27-/m1/s1. The van der Waals surface area contributed by atoms with Crippen LogP contribution in [-0.4, -0.2) is 44.1 Å². The van der Waals surface area contributed by atoms with Crippen molar-refractivity contribution in [3.8, 4) is 29.1 Å². The Labute approximate surface area is 241 Å². The van der Waals surface area contributed by atoms with E-state index in [4.69, 9.17) is 28.9 Å². The van der Waals surface area contributed by atoms with Gasteiger partial charge in [0, 0.05) is 0 Å². The Hall–Kier alpha value is -4.56. The van der Waals surface area contributed by atoms with Crippen molar-refractivity contribution in [1.29, 1.82) is 5.26 Å². The molecule has 0 spiro atoms. The van der Waals surface area contributed by atoms with Crippen molar-refractivity contribution < 1.29 is 28.5 Å². The molecular formula is C30H31N3O7S. The predicted molar refractivity (Wildman–Crippen MR) is 153 cm³/mol. The highest BCUT2D eigenvalue weighted by atomic mass is 32.1. The van der Waals surface area contributed by atoms with Crippen LogP contribution >= 0.6 is 11.3 Å². The number of thiazole rings is 1. The highest BCUT2D eigenvalue weighted by Gasteiger charge is 2.34. The maximum atomic E-state index is 13.9. The number of nitriles is 1. The van der Waals surface area contributed by atoms with Gasteiger partial charge < -0.3 is 23.7 Å². The molecule has 214 valence electrons. The van der Waals surface area contributed by atoms with Gasteiger partial charge in [-0.05, 0) is 69.2 Å². The number of ether oxygens (including phenoxy) is 5. The second-order valence-corrected chi connectivity index (χ2v) is 10.2. The molecule has 0 amide bonds. The Morgan fingerprint density at radius 2 is 1.83 bits per heavy atom. The summed E-state index contributed by atoms with van der Waals surface area (Å²) in [5, 5.41) is 8.82. The molecular weight excluding hydrogens is 546 g/mol. The van der Waals surface area contributed by atoms with Gasteiger partial charge in [0.05, 0.1) is 48.8 Å². The monoisotopic (exact) mass is 577 g/mol. The van der Waals surface area contributed by atoms with Crippen LogP contribution in [0.1, 0.15) is 44.9 Å². The molecule has 1 aliphatic rings. The van der Waals surface area contributed by atoms with E-state index in [1.807, 2.05) is 26.0 Å². The van der Waals surface area contributed by atoms with Crippen LogP contribution in [0.4, 0.5) is 0 Å². The van der Waals surface area contributed by atoms with Crippen LogP contribution < -0.4 is 33.8 Å². The molecule has 0 unspecified atom stereocenters. The van der Waals surface area contributed by atoms with E-state index in [1.54, 1.807) is 50.3 Å². The van der Waals surface area contributed by atoms with Crippen LogP contribution in [0, 0.1) is 11.3 Å². The zero-order valence-electron chi connectivity index (χ0n) is 23.7. The summed E-state index contributed by atoms with van der Waals surface area (Å²) < 4.78 is 29.6. The van der Waals surface area contributed by atoms with Crippen LogP contribution in [0.5, 0.6) is 23.0 Å². The van der Waals surface area contributed by atoms with Crippen molar-refractivity contribution >= 4 is 23.4 Å². The summed E-state index contributed by atoms with van der Waals surface area (Å²) in [5.41, 5.74) is 1.74. The second kappa shape index (κ2) is 12.7. The van der Waals surface area contributed by atoms with E-state index < -0.39 is 12.0 Å². The van der Waals surface area contributed by atoms with Gasteiger partial charge in [0.15, 0.2) is 34.4 Å². The smallest absolute Gasteiger partial charge is 0.338 e. The number of carbonyl (C=O) groups excluding carboxylic acids is 1. The molecule has 1 aromatic heterocycles. The molecule has 0 fully saturated rings. The average molecular weight is 578 g/mol. The minimum atomic E-state index is -0.800. The number of rotatable bonds is 10. The minimum absolute atomic E-state index is 0.0738. The van der Waals surface area contributed by atoms with E-state index >= 15 is 0 Å². The van der Waals surface area contributed by atoms with Gasteiger partial charge in [-0.3, -0.25) is 9.36 Å². The number of allylic oxidation sites excluding steroid dienone is 1. The van der Waals surface area contributed by atoms with Gasteiger partial charge in [-0.25, -0.2) is 9.79 Å². The fourth-order valence-electron chi connectivity index (χ4n) is 4.47. The zero-order chi connectivity index (χ0) is 29.7. The molecule has 0 bridgehead atoms. The van der Waals surface area contributed by atoms with Gasteiger partial charge in [-0.2, -0.15) is 5.26 Å². The lowest BCUT2D eigenvalue weighted by atomic mass is 9.95. The number of carbonyl (C=O) groups is 1. The summed E-state index contributed by atoms with van der Waals surface area (Å²) in [7, 11) is 3.04. The van der Waals surface area contributed by atoms with E-state index in [0.717, 1.165) is 0 Å². The lowest BCUT2D eigenvalue weighted by Crippen LogP contribution is -2.40. The molecule has 3 aromatic rings. The number of hydrogen-bond donors (Lipinski definition) is 0. The third-order valence-electron chi connectivity index (χ3n) is 6.16. The number of nitrogens with zero attached hydrogens (tertiary/aromatic N) is 3. The molecule has 11 heteroatoms. The first-order chi connectivity index (χ1) is 19.7. The maximum Gasteiger partial charge on any atom is 0.338 e. The minimum Gasteiger partial charge on any atom is -0.493 e. The van der Waals surface area contributed by atoms with E-state index in [-0.39, 0.29) is 30.5 Å². The number of hydrogen-bond acceptors (Lipinski definition) is 10. The van der Waals surface area contributed by atoms with E-state index in [1.165, 1.54) is 30.1 Å². The Bertz CT molecular complexity index is 1710. The van der Waals surface area contributed by atoms with Crippen LogP contribution in [0.25, 0.3) is 6.08 Å². The van der Waals surface area contributed by atoms with E-state index in [9.17, 15) is 9.59 Å². The molecule has 2 heterocycles. The molecule has 0 saturated heterocycles. The summed E-state index contributed by atoms with van der Waals surface area (Å²) in [5.74, 6) is 1.32. The van der Waals surface area contributed by atoms with Gasteiger partial charge in [0.1, 0.15) is 6.07 Å². The number of methoxy groups -OCH3 is 2.